The first-order valence-corrected chi connectivity index (χ1v) is 6.21. The molecule has 0 fully saturated rings. The number of hydrogen-bond donors (Lipinski definition) is 1. The van der Waals surface area contributed by atoms with Gasteiger partial charge in [0.1, 0.15) is 5.58 Å². The van der Waals surface area contributed by atoms with Crippen molar-refractivity contribution >= 4 is 16.7 Å². The molecule has 0 amide bonds. The zero-order chi connectivity index (χ0) is 12.8. The number of anilines is 1. The Balaban J connectivity index is 2.07. The fourth-order valence-electron chi connectivity index (χ4n) is 2.61. The van der Waals surface area contributed by atoms with Gasteiger partial charge >= 0.3 is 5.63 Å². The van der Waals surface area contributed by atoms with Crippen molar-refractivity contribution in [2.24, 2.45) is 0 Å². The van der Waals surface area contributed by atoms with Gasteiger partial charge in [0.05, 0.1) is 0 Å². The maximum Gasteiger partial charge on any atom is 0.336 e. The number of benzene rings is 2. The third-order valence-electron chi connectivity index (χ3n) is 3.54. The van der Waals surface area contributed by atoms with E-state index in [1.54, 1.807) is 6.07 Å². The minimum absolute atomic E-state index is 0.315. The minimum Gasteiger partial charge on any atom is -0.423 e. The van der Waals surface area contributed by atoms with E-state index < -0.39 is 0 Å². The summed E-state index contributed by atoms with van der Waals surface area (Å²) in [7, 11) is 0. The number of hydrogen-bond acceptors (Lipinski definition) is 3. The molecule has 92 valence electrons. The highest BCUT2D eigenvalue weighted by Crippen LogP contribution is 2.37. The molecule has 0 bridgehead atoms. The van der Waals surface area contributed by atoms with Crippen LogP contribution in [0.2, 0.25) is 0 Å². The van der Waals surface area contributed by atoms with Gasteiger partial charge < -0.3 is 9.73 Å². The van der Waals surface area contributed by atoms with Crippen molar-refractivity contribution in [2.75, 3.05) is 5.32 Å². The summed E-state index contributed by atoms with van der Waals surface area (Å²) in [6, 6.07) is 15.5. The highest BCUT2D eigenvalue weighted by Gasteiger charge is 2.16. The second-order valence-electron chi connectivity index (χ2n) is 4.70. The van der Waals surface area contributed by atoms with Crippen molar-refractivity contribution in [1.29, 1.82) is 0 Å². The maximum atomic E-state index is 11.3. The lowest BCUT2D eigenvalue weighted by molar-refractivity contribution is 0.561. The molecule has 0 saturated carbocycles. The summed E-state index contributed by atoms with van der Waals surface area (Å²) in [6.07, 6.45) is 0. The standard InChI is InChI=1S/C16H11NO2/c18-16-6-5-10-7-14-13(8-15(10)19-16)12-4-2-1-3-11(12)9-17-14/h1-8,17H,9H2. The first-order valence-electron chi connectivity index (χ1n) is 6.21. The summed E-state index contributed by atoms with van der Waals surface area (Å²) in [5.74, 6) is 0. The predicted octanol–water partition coefficient (Wildman–Crippen LogP) is 3.39. The van der Waals surface area contributed by atoms with Gasteiger partial charge in [-0.1, -0.05) is 24.3 Å². The zero-order valence-electron chi connectivity index (χ0n) is 10.1. The van der Waals surface area contributed by atoms with Crippen LogP contribution in [0.4, 0.5) is 5.69 Å². The Bertz CT molecular complexity index is 849. The third-order valence-corrected chi connectivity index (χ3v) is 3.54. The molecule has 0 saturated heterocycles. The lowest BCUT2D eigenvalue weighted by Gasteiger charge is -2.21. The second-order valence-corrected chi connectivity index (χ2v) is 4.70. The van der Waals surface area contributed by atoms with Crippen LogP contribution in [0.3, 0.4) is 0 Å². The molecule has 4 rings (SSSR count). The van der Waals surface area contributed by atoms with Crippen molar-refractivity contribution in [3.8, 4) is 11.1 Å². The van der Waals surface area contributed by atoms with Gasteiger partial charge in [-0.2, -0.15) is 0 Å². The quantitative estimate of drug-likeness (QED) is 0.621. The Morgan fingerprint density at radius 3 is 2.84 bits per heavy atom. The third kappa shape index (κ3) is 1.55. The zero-order valence-corrected chi connectivity index (χ0v) is 10.1. The predicted molar refractivity (Wildman–Crippen MR) is 75.2 cm³/mol. The lowest BCUT2D eigenvalue weighted by Crippen LogP contribution is -2.08. The van der Waals surface area contributed by atoms with Gasteiger partial charge in [0.25, 0.3) is 0 Å². The molecule has 3 heteroatoms. The number of rotatable bonds is 0. The van der Waals surface area contributed by atoms with Crippen LogP contribution in [0.5, 0.6) is 0 Å². The van der Waals surface area contributed by atoms with E-state index in [4.69, 9.17) is 4.42 Å². The first kappa shape index (κ1) is 10.4. The molecule has 1 aromatic heterocycles. The molecule has 1 aliphatic heterocycles. The minimum atomic E-state index is -0.315. The Labute approximate surface area is 109 Å². The van der Waals surface area contributed by atoms with Gasteiger partial charge in [0.2, 0.25) is 0 Å². The average Bonchev–Trinajstić information content (AvgIpc) is 2.45. The van der Waals surface area contributed by atoms with Crippen LogP contribution in [-0.4, -0.2) is 0 Å². The maximum absolute atomic E-state index is 11.3. The summed E-state index contributed by atoms with van der Waals surface area (Å²) in [6.45, 7) is 0.825. The first-order chi connectivity index (χ1) is 9.31. The summed E-state index contributed by atoms with van der Waals surface area (Å²) >= 11 is 0. The number of fused-ring (bicyclic) bond motifs is 4. The molecule has 0 unspecified atom stereocenters. The largest absolute Gasteiger partial charge is 0.423 e. The van der Waals surface area contributed by atoms with Crippen molar-refractivity contribution in [1.82, 2.24) is 0 Å². The fraction of sp³-hybridized carbons (Fsp3) is 0.0625. The van der Waals surface area contributed by atoms with Crippen molar-refractivity contribution in [2.45, 2.75) is 6.54 Å². The molecule has 1 aliphatic rings. The number of nitrogens with one attached hydrogen (secondary N) is 1. The molecule has 2 aromatic carbocycles. The van der Waals surface area contributed by atoms with Crippen LogP contribution in [-0.2, 0) is 6.54 Å². The molecule has 0 radical (unpaired) electrons. The average molecular weight is 249 g/mol. The molecular formula is C16H11NO2. The van der Waals surface area contributed by atoms with Crippen LogP contribution in [0.25, 0.3) is 22.1 Å². The van der Waals surface area contributed by atoms with Crippen LogP contribution < -0.4 is 10.9 Å². The Hall–Kier alpha value is -2.55. The molecule has 3 nitrogen and oxygen atoms in total. The van der Waals surface area contributed by atoms with E-state index in [1.165, 1.54) is 17.2 Å². The highest BCUT2D eigenvalue weighted by molar-refractivity contribution is 5.93. The molecule has 3 aromatic rings. The van der Waals surface area contributed by atoms with E-state index in [0.717, 1.165) is 23.2 Å². The molecule has 0 atom stereocenters. The van der Waals surface area contributed by atoms with Gasteiger partial charge in [-0.05, 0) is 29.3 Å². The van der Waals surface area contributed by atoms with Crippen LogP contribution in [0.1, 0.15) is 5.56 Å². The summed E-state index contributed by atoms with van der Waals surface area (Å²) < 4.78 is 5.26. The molecule has 19 heavy (non-hydrogen) atoms. The molecular weight excluding hydrogens is 238 g/mol. The van der Waals surface area contributed by atoms with Gasteiger partial charge in [-0.15, -0.1) is 0 Å². The summed E-state index contributed by atoms with van der Waals surface area (Å²) in [5, 5.41) is 4.34. The van der Waals surface area contributed by atoms with E-state index >= 15 is 0 Å². The van der Waals surface area contributed by atoms with Gasteiger partial charge in [-0.3, -0.25) is 0 Å². The normalized spacial score (nSPS) is 12.6. The Kier molecular flexibility index (Phi) is 2.03. The van der Waals surface area contributed by atoms with Crippen molar-refractivity contribution in [3.63, 3.8) is 0 Å². The fourth-order valence-corrected chi connectivity index (χ4v) is 2.61. The van der Waals surface area contributed by atoms with Crippen LogP contribution >= 0.6 is 0 Å². The van der Waals surface area contributed by atoms with Gasteiger partial charge in [-0.25, -0.2) is 4.79 Å². The smallest absolute Gasteiger partial charge is 0.336 e. The molecule has 2 heterocycles. The molecule has 0 spiro atoms. The van der Waals surface area contributed by atoms with Crippen LogP contribution in [0, 0.1) is 0 Å². The molecule has 1 N–H and O–H groups in total. The monoisotopic (exact) mass is 249 g/mol. The van der Waals surface area contributed by atoms with E-state index in [-0.39, 0.29) is 5.63 Å². The summed E-state index contributed by atoms with van der Waals surface area (Å²) in [4.78, 5) is 11.3. The lowest BCUT2D eigenvalue weighted by atomic mass is 9.94. The Morgan fingerprint density at radius 1 is 1.00 bits per heavy atom. The van der Waals surface area contributed by atoms with Crippen molar-refractivity contribution in [3.05, 3.63) is 64.5 Å². The van der Waals surface area contributed by atoms with E-state index in [9.17, 15) is 4.79 Å². The Morgan fingerprint density at radius 2 is 1.89 bits per heavy atom. The topological polar surface area (TPSA) is 42.2 Å². The van der Waals surface area contributed by atoms with Gasteiger partial charge in [0.15, 0.2) is 0 Å². The van der Waals surface area contributed by atoms with E-state index in [1.807, 2.05) is 24.3 Å². The SMILES string of the molecule is O=c1ccc2cc3c(cc2o1)-c1ccccc1CN3. The van der Waals surface area contributed by atoms with Gasteiger partial charge in [0, 0.05) is 29.2 Å². The van der Waals surface area contributed by atoms with Crippen LogP contribution in [0.15, 0.2) is 57.7 Å². The van der Waals surface area contributed by atoms with E-state index in [2.05, 4.69) is 17.4 Å². The highest BCUT2D eigenvalue weighted by atomic mass is 16.4. The summed E-state index contributed by atoms with van der Waals surface area (Å²) in [5.41, 5.74) is 4.94. The molecule has 0 aliphatic carbocycles. The van der Waals surface area contributed by atoms with Crippen molar-refractivity contribution < 1.29 is 4.42 Å². The van der Waals surface area contributed by atoms with E-state index in [0.29, 0.717) is 5.58 Å². The second kappa shape index (κ2) is 3.72.